The van der Waals surface area contributed by atoms with Crippen LogP contribution in [0.2, 0.25) is 0 Å². The number of nitrogens with zero attached hydrogens (tertiary/aromatic N) is 2. The Labute approximate surface area is 117 Å². The first-order chi connectivity index (χ1) is 9.81. The number of rotatable bonds is 5. The molecular formula is C15H16N4O. The van der Waals surface area contributed by atoms with Gasteiger partial charge in [0.05, 0.1) is 11.9 Å². The molecule has 1 aliphatic carbocycles. The molecule has 1 saturated carbocycles. The third-order valence-electron chi connectivity index (χ3n) is 3.18. The Morgan fingerprint density at radius 2 is 2.15 bits per heavy atom. The highest BCUT2D eigenvalue weighted by Crippen LogP contribution is 2.29. The topological polar surface area (TPSA) is 66.9 Å². The smallest absolute Gasteiger partial charge is 0.228 e. The molecule has 2 heterocycles. The van der Waals surface area contributed by atoms with Crippen LogP contribution in [-0.2, 0) is 11.3 Å². The number of amides is 1. The Bertz CT molecular complexity index is 579. The maximum absolute atomic E-state index is 11.6. The molecule has 2 N–H and O–H groups in total. The van der Waals surface area contributed by atoms with Crippen molar-refractivity contribution in [3.05, 3.63) is 48.4 Å². The van der Waals surface area contributed by atoms with Crippen molar-refractivity contribution >= 4 is 17.4 Å². The first-order valence-electron chi connectivity index (χ1n) is 6.71. The fourth-order valence-corrected chi connectivity index (χ4v) is 1.85. The summed E-state index contributed by atoms with van der Waals surface area (Å²) in [5, 5.41) is 6.08. The number of pyridine rings is 2. The highest BCUT2D eigenvalue weighted by atomic mass is 16.2. The number of hydrogen-bond donors (Lipinski definition) is 2. The van der Waals surface area contributed by atoms with Crippen LogP contribution in [0.5, 0.6) is 0 Å². The molecule has 0 radical (unpaired) electrons. The lowest BCUT2D eigenvalue weighted by Crippen LogP contribution is -2.14. The normalized spacial score (nSPS) is 13.8. The largest absolute Gasteiger partial charge is 0.380 e. The van der Waals surface area contributed by atoms with Crippen LogP contribution >= 0.6 is 0 Å². The molecule has 1 aliphatic rings. The molecule has 0 aliphatic heterocycles. The van der Waals surface area contributed by atoms with Crippen molar-refractivity contribution in [1.82, 2.24) is 9.97 Å². The van der Waals surface area contributed by atoms with Crippen LogP contribution in [0.15, 0.2) is 42.9 Å². The molecule has 1 amide bonds. The van der Waals surface area contributed by atoms with Gasteiger partial charge >= 0.3 is 0 Å². The summed E-state index contributed by atoms with van der Waals surface area (Å²) in [4.78, 5) is 19.9. The van der Waals surface area contributed by atoms with Gasteiger partial charge in [-0.3, -0.25) is 9.78 Å². The molecule has 0 atom stereocenters. The number of carbonyl (C=O) groups excluding carboxylic acids is 1. The van der Waals surface area contributed by atoms with Crippen LogP contribution in [0.3, 0.4) is 0 Å². The van der Waals surface area contributed by atoms with E-state index in [9.17, 15) is 4.79 Å². The molecule has 0 unspecified atom stereocenters. The maximum atomic E-state index is 11.6. The maximum Gasteiger partial charge on any atom is 0.228 e. The minimum Gasteiger partial charge on any atom is -0.380 e. The van der Waals surface area contributed by atoms with E-state index in [-0.39, 0.29) is 11.8 Å². The van der Waals surface area contributed by atoms with Crippen LogP contribution in [0.1, 0.15) is 18.4 Å². The summed E-state index contributed by atoms with van der Waals surface area (Å²) >= 11 is 0. The molecule has 0 saturated heterocycles. The van der Waals surface area contributed by atoms with E-state index in [0.29, 0.717) is 12.4 Å². The van der Waals surface area contributed by atoms with Crippen LogP contribution in [0.25, 0.3) is 0 Å². The second kappa shape index (κ2) is 5.69. The molecule has 0 bridgehead atoms. The van der Waals surface area contributed by atoms with Gasteiger partial charge in [0, 0.05) is 24.9 Å². The summed E-state index contributed by atoms with van der Waals surface area (Å²) < 4.78 is 0. The van der Waals surface area contributed by atoms with Gasteiger partial charge in [-0.25, -0.2) is 4.98 Å². The van der Waals surface area contributed by atoms with E-state index < -0.39 is 0 Å². The minimum absolute atomic E-state index is 0.0774. The minimum atomic E-state index is 0.0774. The van der Waals surface area contributed by atoms with Gasteiger partial charge in [-0.15, -0.1) is 0 Å². The monoisotopic (exact) mass is 268 g/mol. The van der Waals surface area contributed by atoms with Gasteiger partial charge in [0.15, 0.2) is 0 Å². The third kappa shape index (κ3) is 3.32. The zero-order valence-corrected chi connectivity index (χ0v) is 11.0. The number of aromatic nitrogens is 2. The van der Waals surface area contributed by atoms with E-state index in [4.69, 9.17) is 0 Å². The van der Waals surface area contributed by atoms with Crippen LogP contribution in [-0.4, -0.2) is 15.9 Å². The van der Waals surface area contributed by atoms with Crippen molar-refractivity contribution in [3.8, 4) is 0 Å². The summed E-state index contributed by atoms with van der Waals surface area (Å²) in [5.74, 6) is 0.877. The number of anilines is 2. The predicted molar refractivity (Wildman–Crippen MR) is 77.2 cm³/mol. The fraction of sp³-hybridized carbons (Fsp3) is 0.267. The van der Waals surface area contributed by atoms with Gasteiger partial charge in [-0.1, -0.05) is 6.07 Å². The van der Waals surface area contributed by atoms with Gasteiger partial charge in [0.25, 0.3) is 0 Å². The van der Waals surface area contributed by atoms with Gasteiger partial charge in [-0.2, -0.15) is 0 Å². The highest BCUT2D eigenvalue weighted by molar-refractivity contribution is 5.93. The Morgan fingerprint density at radius 3 is 2.80 bits per heavy atom. The quantitative estimate of drug-likeness (QED) is 0.874. The summed E-state index contributed by atoms with van der Waals surface area (Å²) in [5.41, 5.74) is 2.02. The summed E-state index contributed by atoms with van der Waals surface area (Å²) in [6.45, 7) is 0.698. The molecule has 5 nitrogen and oxygen atoms in total. The Hall–Kier alpha value is -2.43. The average Bonchev–Trinajstić information content (AvgIpc) is 3.32. The zero-order valence-electron chi connectivity index (χ0n) is 11.0. The second-order valence-electron chi connectivity index (χ2n) is 4.91. The predicted octanol–water partition coefficient (Wildman–Crippen LogP) is 2.44. The van der Waals surface area contributed by atoms with E-state index in [1.165, 1.54) is 0 Å². The Balaban J connectivity index is 1.54. The first kappa shape index (κ1) is 12.6. The summed E-state index contributed by atoms with van der Waals surface area (Å²) in [6.07, 6.45) is 7.29. The molecule has 2 aromatic heterocycles. The van der Waals surface area contributed by atoms with Crippen molar-refractivity contribution < 1.29 is 4.79 Å². The van der Waals surface area contributed by atoms with Gasteiger partial charge in [0.2, 0.25) is 5.91 Å². The molecule has 1 fully saturated rings. The highest BCUT2D eigenvalue weighted by Gasteiger charge is 2.29. The molecule has 0 spiro atoms. The van der Waals surface area contributed by atoms with E-state index in [1.807, 2.05) is 30.5 Å². The molecule has 0 aromatic carbocycles. The van der Waals surface area contributed by atoms with E-state index in [0.717, 1.165) is 24.1 Å². The first-order valence-corrected chi connectivity index (χ1v) is 6.71. The van der Waals surface area contributed by atoms with Crippen molar-refractivity contribution in [2.45, 2.75) is 19.4 Å². The van der Waals surface area contributed by atoms with Crippen molar-refractivity contribution in [2.75, 3.05) is 10.6 Å². The lowest BCUT2D eigenvalue weighted by Gasteiger charge is -2.07. The standard InChI is InChI=1S/C15H16N4O/c20-15(12-3-4-12)19-14-6-5-13(10-18-14)17-9-11-2-1-7-16-8-11/h1-2,5-8,10,12,17H,3-4,9H2,(H,18,19,20). The summed E-state index contributed by atoms with van der Waals surface area (Å²) in [7, 11) is 0. The summed E-state index contributed by atoms with van der Waals surface area (Å²) in [6, 6.07) is 7.64. The van der Waals surface area contributed by atoms with E-state index in [2.05, 4.69) is 20.6 Å². The third-order valence-corrected chi connectivity index (χ3v) is 3.18. The Kier molecular flexibility index (Phi) is 3.58. The number of nitrogens with one attached hydrogen (secondary N) is 2. The molecular weight excluding hydrogens is 252 g/mol. The van der Waals surface area contributed by atoms with E-state index in [1.54, 1.807) is 12.4 Å². The van der Waals surface area contributed by atoms with Gasteiger partial charge < -0.3 is 10.6 Å². The average molecular weight is 268 g/mol. The number of carbonyl (C=O) groups is 1. The van der Waals surface area contributed by atoms with Crippen LogP contribution in [0, 0.1) is 5.92 Å². The lowest BCUT2D eigenvalue weighted by atomic mass is 10.3. The second-order valence-corrected chi connectivity index (χ2v) is 4.91. The van der Waals surface area contributed by atoms with Crippen molar-refractivity contribution in [2.24, 2.45) is 5.92 Å². The van der Waals surface area contributed by atoms with E-state index >= 15 is 0 Å². The molecule has 20 heavy (non-hydrogen) atoms. The molecule has 3 rings (SSSR count). The Morgan fingerprint density at radius 1 is 1.25 bits per heavy atom. The van der Waals surface area contributed by atoms with Gasteiger partial charge in [-0.05, 0) is 36.6 Å². The van der Waals surface area contributed by atoms with Gasteiger partial charge in [0.1, 0.15) is 5.82 Å². The fourth-order valence-electron chi connectivity index (χ4n) is 1.85. The molecule has 5 heteroatoms. The lowest BCUT2D eigenvalue weighted by molar-refractivity contribution is -0.117. The van der Waals surface area contributed by atoms with Crippen LogP contribution in [0.4, 0.5) is 11.5 Å². The molecule has 2 aromatic rings. The number of hydrogen-bond acceptors (Lipinski definition) is 4. The van der Waals surface area contributed by atoms with Crippen LogP contribution < -0.4 is 10.6 Å². The zero-order chi connectivity index (χ0) is 13.8. The van der Waals surface area contributed by atoms with Crippen molar-refractivity contribution in [3.63, 3.8) is 0 Å². The SMILES string of the molecule is O=C(Nc1ccc(NCc2cccnc2)cn1)C1CC1. The van der Waals surface area contributed by atoms with Crippen molar-refractivity contribution in [1.29, 1.82) is 0 Å². The molecule has 102 valence electrons.